The zero-order valence-electron chi connectivity index (χ0n) is 14.8. The highest BCUT2D eigenvalue weighted by Gasteiger charge is 2.41. The molecule has 2 aliphatic rings. The Kier molecular flexibility index (Phi) is 6.04. The Morgan fingerprint density at radius 3 is 2.74 bits per heavy atom. The van der Waals surface area contributed by atoms with Gasteiger partial charge in [0.1, 0.15) is 0 Å². The molecule has 130 valence electrons. The molecule has 23 heavy (non-hydrogen) atoms. The predicted octanol–water partition coefficient (Wildman–Crippen LogP) is 1.19. The number of rotatable bonds is 4. The molecule has 0 aromatic rings. The van der Waals surface area contributed by atoms with E-state index in [1.54, 1.807) is 7.05 Å². The molecule has 0 aromatic heterocycles. The second-order valence-corrected chi connectivity index (χ2v) is 6.93. The van der Waals surface area contributed by atoms with E-state index in [1.807, 2.05) is 25.2 Å². The molecule has 6 heteroatoms. The van der Waals surface area contributed by atoms with Gasteiger partial charge in [0.05, 0.1) is 0 Å². The van der Waals surface area contributed by atoms with Gasteiger partial charge in [-0.05, 0) is 31.7 Å². The Morgan fingerprint density at radius 2 is 2.13 bits per heavy atom. The van der Waals surface area contributed by atoms with Crippen LogP contribution in [0.2, 0.25) is 0 Å². The van der Waals surface area contributed by atoms with Crippen molar-refractivity contribution in [3.05, 3.63) is 11.8 Å². The van der Waals surface area contributed by atoms with E-state index in [9.17, 15) is 9.59 Å². The lowest BCUT2D eigenvalue weighted by atomic mass is 9.74. The highest BCUT2D eigenvalue weighted by molar-refractivity contribution is 5.96. The summed E-state index contributed by atoms with van der Waals surface area (Å²) in [4.78, 5) is 28.5. The zero-order chi connectivity index (χ0) is 17.0. The van der Waals surface area contributed by atoms with Crippen LogP contribution in [0.1, 0.15) is 32.6 Å². The van der Waals surface area contributed by atoms with E-state index in [2.05, 4.69) is 22.5 Å². The fraction of sp³-hybridized carbons (Fsp3) is 0.765. The summed E-state index contributed by atoms with van der Waals surface area (Å²) >= 11 is 0. The van der Waals surface area contributed by atoms with Crippen molar-refractivity contribution in [3.8, 4) is 0 Å². The predicted molar refractivity (Wildman–Crippen MR) is 91.1 cm³/mol. The fourth-order valence-corrected chi connectivity index (χ4v) is 3.88. The molecule has 2 amide bonds. The Bertz CT molecular complexity index is 475. The summed E-state index contributed by atoms with van der Waals surface area (Å²) in [5, 5.41) is 5.64. The van der Waals surface area contributed by atoms with E-state index in [0.717, 1.165) is 37.9 Å². The molecule has 1 heterocycles. The minimum atomic E-state index is -0.139. The Morgan fingerprint density at radius 1 is 1.39 bits per heavy atom. The third-order valence-corrected chi connectivity index (χ3v) is 4.78. The van der Waals surface area contributed by atoms with Gasteiger partial charge in [0.2, 0.25) is 0 Å². The summed E-state index contributed by atoms with van der Waals surface area (Å²) < 4.78 is 0. The maximum Gasteiger partial charge on any atom is 0.314 e. The molecule has 0 aromatic carbocycles. The van der Waals surface area contributed by atoms with Crippen LogP contribution in [0.4, 0.5) is 4.79 Å². The molecule has 1 aliphatic heterocycles. The van der Waals surface area contributed by atoms with Gasteiger partial charge in [0.15, 0.2) is 5.78 Å². The number of nitrogens with zero attached hydrogens (tertiary/aromatic N) is 2. The van der Waals surface area contributed by atoms with Crippen molar-refractivity contribution in [2.45, 2.75) is 44.7 Å². The van der Waals surface area contributed by atoms with E-state index in [1.165, 1.54) is 0 Å². The summed E-state index contributed by atoms with van der Waals surface area (Å²) in [6.45, 7) is 4.05. The van der Waals surface area contributed by atoms with Gasteiger partial charge < -0.3 is 15.5 Å². The monoisotopic (exact) mass is 322 g/mol. The standard InChI is InChI=1S/C17H30N4O2/c1-5-6-21-11-14(19-17(23)18-2)7-12-9-16(22)13(8-15(12)21)10-20(3)4/h10,12,14-15H,5-9,11H2,1-4H3,(H2,18,19,23)/t12-,14+,15-/m1/s1. The van der Waals surface area contributed by atoms with Crippen molar-refractivity contribution in [3.63, 3.8) is 0 Å². The normalized spacial score (nSPS) is 30.0. The van der Waals surface area contributed by atoms with Gasteiger partial charge in [0, 0.05) is 58.0 Å². The van der Waals surface area contributed by atoms with Crippen LogP contribution in [0.15, 0.2) is 11.8 Å². The van der Waals surface area contributed by atoms with Gasteiger partial charge in [-0.1, -0.05) is 6.92 Å². The minimum absolute atomic E-state index is 0.120. The van der Waals surface area contributed by atoms with Gasteiger partial charge in [0.25, 0.3) is 0 Å². The number of hydrogen-bond acceptors (Lipinski definition) is 4. The third-order valence-electron chi connectivity index (χ3n) is 4.78. The maximum atomic E-state index is 12.4. The number of Topliss-reactive ketones (excluding diaryl/α,β-unsaturated/α-hetero) is 1. The van der Waals surface area contributed by atoms with Crippen LogP contribution in [0, 0.1) is 5.92 Å². The largest absolute Gasteiger partial charge is 0.383 e. The average Bonchev–Trinajstić information content (AvgIpc) is 2.48. The Labute approximate surface area is 139 Å². The Hall–Kier alpha value is -1.56. The van der Waals surface area contributed by atoms with Crippen molar-refractivity contribution in [1.82, 2.24) is 20.4 Å². The van der Waals surface area contributed by atoms with Crippen LogP contribution in [-0.4, -0.2) is 67.9 Å². The smallest absolute Gasteiger partial charge is 0.314 e. The van der Waals surface area contributed by atoms with Crippen LogP contribution in [0.3, 0.4) is 0 Å². The number of fused-ring (bicyclic) bond motifs is 1. The number of carbonyl (C=O) groups is 2. The van der Waals surface area contributed by atoms with Crippen LogP contribution >= 0.6 is 0 Å². The first-order chi connectivity index (χ1) is 10.9. The number of carbonyl (C=O) groups excluding carboxylic acids is 2. The average molecular weight is 322 g/mol. The fourth-order valence-electron chi connectivity index (χ4n) is 3.88. The highest BCUT2D eigenvalue weighted by Crippen LogP contribution is 2.36. The summed E-state index contributed by atoms with van der Waals surface area (Å²) in [5.41, 5.74) is 0.940. The van der Waals surface area contributed by atoms with Gasteiger partial charge in [-0.3, -0.25) is 9.69 Å². The van der Waals surface area contributed by atoms with E-state index in [-0.39, 0.29) is 17.9 Å². The van der Waals surface area contributed by atoms with Crippen LogP contribution in [0.25, 0.3) is 0 Å². The molecule has 2 fully saturated rings. The lowest BCUT2D eigenvalue weighted by molar-refractivity contribution is -0.119. The van der Waals surface area contributed by atoms with Gasteiger partial charge in [-0.2, -0.15) is 0 Å². The van der Waals surface area contributed by atoms with Gasteiger partial charge in [-0.15, -0.1) is 0 Å². The number of nitrogens with one attached hydrogen (secondary N) is 2. The molecule has 3 atom stereocenters. The first kappa shape index (κ1) is 17.8. The molecule has 0 spiro atoms. The molecule has 0 radical (unpaired) electrons. The van der Waals surface area contributed by atoms with Crippen LogP contribution < -0.4 is 10.6 Å². The summed E-state index contributed by atoms with van der Waals surface area (Å²) in [7, 11) is 5.55. The lowest BCUT2D eigenvalue weighted by Gasteiger charge is -2.47. The molecule has 1 saturated carbocycles. The van der Waals surface area contributed by atoms with E-state index < -0.39 is 0 Å². The highest BCUT2D eigenvalue weighted by atomic mass is 16.2. The van der Waals surface area contributed by atoms with Crippen LogP contribution in [-0.2, 0) is 4.79 Å². The molecule has 1 saturated heterocycles. The molecule has 2 rings (SSSR count). The second-order valence-electron chi connectivity index (χ2n) is 6.93. The summed E-state index contributed by atoms with van der Waals surface area (Å²) in [6.07, 6.45) is 5.36. The molecule has 1 aliphatic carbocycles. The first-order valence-corrected chi connectivity index (χ1v) is 8.57. The number of ketones is 1. The number of piperidine rings is 1. The van der Waals surface area contributed by atoms with Gasteiger partial charge in [-0.25, -0.2) is 4.79 Å². The first-order valence-electron chi connectivity index (χ1n) is 8.57. The zero-order valence-corrected chi connectivity index (χ0v) is 14.8. The summed E-state index contributed by atoms with van der Waals surface area (Å²) in [5.74, 6) is 0.598. The van der Waals surface area contributed by atoms with Crippen LogP contribution in [0.5, 0.6) is 0 Å². The van der Waals surface area contributed by atoms with E-state index in [4.69, 9.17) is 0 Å². The lowest BCUT2D eigenvalue weighted by Crippen LogP contribution is -2.58. The van der Waals surface area contributed by atoms with Crippen molar-refractivity contribution in [1.29, 1.82) is 0 Å². The molecule has 2 N–H and O–H groups in total. The van der Waals surface area contributed by atoms with Crippen molar-refractivity contribution < 1.29 is 9.59 Å². The molecular formula is C17H30N4O2. The maximum absolute atomic E-state index is 12.4. The molecule has 0 unspecified atom stereocenters. The third kappa shape index (κ3) is 4.47. The van der Waals surface area contributed by atoms with Crippen molar-refractivity contribution >= 4 is 11.8 Å². The Balaban J connectivity index is 2.13. The second kappa shape index (κ2) is 7.81. The molecule has 6 nitrogen and oxygen atoms in total. The number of likely N-dealkylation sites (tertiary alicyclic amines) is 1. The quantitative estimate of drug-likeness (QED) is 0.763. The SMILES string of the molecule is CCCN1C[C@@H](NC(=O)NC)C[C@@H]2CC(=O)C(=CN(C)C)C[C@H]21. The molecule has 0 bridgehead atoms. The number of urea groups is 1. The van der Waals surface area contributed by atoms with E-state index in [0.29, 0.717) is 18.4 Å². The number of hydrogen-bond donors (Lipinski definition) is 2. The van der Waals surface area contributed by atoms with Gasteiger partial charge >= 0.3 is 6.03 Å². The topological polar surface area (TPSA) is 64.7 Å². The minimum Gasteiger partial charge on any atom is -0.383 e. The van der Waals surface area contributed by atoms with Crippen molar-refractivity contribution in [2.75, 3.05) is 34.2 Å². The summed E-state index contributed by atoms with van der Waals surface area (Å²) in [6, 6.07) is 0.400. The van der Waals surface area contributed by atoms with Crippen molar-refractivity contribution in [2.24, 2.45) is 5.92 Å². The molecular weight excluding hydrogens is 292 g/mol. The number of amides is 2. The van der Waals surface area contributed by atoms with E-state index >= 15 is 0 Å².